The second-order valence-electron chi connectivity index (χ2n) is 8.41. The van der Waals surface area contributed by atoms with E-state index in [1.54, 1.807) is 13.1 Å². The van der Waals surface area contributed by atoms with Gasteiger partial charge in [0.15, 0.2) is 5.65 Å². The van der Waals surface area contributed by atoms with Crippen LogP contribution in [-0.2, 0) is 11.2 Å². The summed E-state index contributed by atoms with van der Waals surface area (Å²) in [4.78, 5) is 19.9. The number of ether oxygens (including phenoxy) is 1. The predicted octanol–water partition coefficient (Wildman–Crippen LogP) is 1.79. The normalized spacial score (nSPS) is 16.1. The van der Waals surface area contributed by atoms with Gasteiger partial charge in [0.1, 0.15) is 12.3 Å². The van der Waals surface area contributed by atoms with Crippen LogP contribution < -0.4 is 16.1 Å². The Morgan fingerprint density at radius 2 is 1.94 bits per heavy atom. The van der Waals surface area contributed by atoms with Crippen molar-refractivity contribution in [3.63, 3.8) is 0 Å². The van der Waals surface area contributed by atoms with Crippen molar-refractivity contribution < 1.29 is 9.84 Å². The summed E-state index contributed by atoms with van der Waals surface area (Å²) >= 11 is 0. The summed E-state index contributed by atoms with van der Waals surface area (Å²) in [5.74, 6) is 0. The van der Waals surface area contributed by atoms with Gasteiger partial charge in [-0.25, -0.2) is 4.98 Å². The Hall–Kier alpha value is -3.77. The average Bonchev–Trinajstić information content (AvgIpc) is 3.25. The number of pyridine rings is 1. The number of morpholine rings is 1. The third-order valence-corrected chi connectivity index (χ3v) is 6.33. The number of aliphatic hydroxyl groups is 1. The van der Waals surface area contributed by atoms with Crippen LogP contribution in [0.3, 0.4) is 0 Å². The molecule has 0 bridgehead atoms. The molecular weight excluding hydrogens is 430 g/mol. The molecule has 1 fully saturated rings. The van der Waals surface area contributed by atoms with Gasteiger partial charge in [-0.15, -0.1) is 0 Å². The van der Waals surface area contributed by atoms with Gasteiger partial charge in [-0.05, 0) is 42.3 Å². The van der Waals surface area contributed by atoms with Crippen LogP contribution in [0, 0.1) is 18.3 Å². The summed E-state index contributed by atoms with van der Waals surface area (Å²) in [5, 5.41) is 23.9. The minimum Gasteiger partial charge on any atom is -0.379 e. The molecule has 8 heteroatoms. The van der Waals surface area contributed by atoms with Crippen molar-refractivity contribution in [1.29, 1.82) is 5.26 Å². The van der Waals surface area contributed by atoms with E-state index >= 15 is 0 Å². The summed E-state index contributed by atoms with van der Waals surface area (Å²) < 4.78 is 6.85. The molecule has 1 saturated heterocycles. The molecule has 0 spiro atoms. The van der Waals surface area contributed by atoms with E-state index in [0.29, 0.717) is 52.7 Å². The Bertz CT molecular complexity index is 1500. The fourth-order valence-electron chi connectivity index (χ4n) is 4.39. The molecular formula is C26H25N5O3. The Morgan fingerprint density at radius 3 is 2.68 bits per heavy atom. The third-order valence-electron chi connectivity index (χ3n) is 6.33. The van der Waals surface area contributed by atoms with Gasteiger partial charge >= 0.3 is 0 Å². The van der Waals surface area contributed by atoms with E-state index in [0.717, 1.165) is 24.3 Å². The van der Waals surface area contributed by atoms with Crippen molar-refractivity contribution in [2.75, 3.05) is 31.6 Å². The average molecular weight is 456 g/mol. The van der Waals surface area contributed by atoms with Crippen LogP contribution in [0.15, 0.2) is 53.3 Å². The molecule has 1 atom stereocenters. The Morgan fingerprint density at radius 1 is 1.21 bits per heavy atom. The lowest BCUT2D eigenvalue weighted by Crippen LogP contribution is -2.44. The molecule has 2 N–H and O–H groups in total. The van der Waals surface area contributed by atoms with E-state index in [1.165, 1.54) is 4.40 Å². The lowest BCUT2D eigenvalue weighted by atomic mass is 10.1. The molecule has 3 heterocycles. The summed E-state index contributed by atoms with van der Waals surface area (Å²) in [5.41, 5.74) is 4.31. The zero-order chi connectivity index (χ0) is 23.7. The zero-order valence-corrected chi connectivity index (χ0v) is 18.9. The summed E-state index contributed by atoms with van der Waals surface area (Å²) in [6, 6.07) is 17.3. The highest BCUT2D eigenvalue weighted by molar-refractivity contribution is 5.82. The highest BCUT2D eigenvalue weighted by atomic mass is 16.5. The Balaban J connectivity index is 1.43. The van der Waals surface area contributed by atoms with Crippen LogP contribution in [0.2, 0.25) is 0 Å². The molecule has 0 radical (unpaired) electrons. The first-order valence-corrected chi connectivity index (χ1v) is 11.3. The molecule has 2 aromatic carbocycles. The molecule has 0 aliphatic carbocycles. The number of fused-ring (bicyclic) bond motifs is 3. The van der Waals surface area contributed by atoms with Crippen LogP contribution in [0.25, 0.3) is 22.9 Å². The van der Waals surface area contributed by atoms with E-state index in [2.05, 4.69) is 16.4 Å². The number of hydrogen-bond acceptors (Lipinski definition) is 7. The SMILES string of the molecule is Cc1c(C#N)c2nc3ccccc3n2c(=O)c1=CNc1ccc(C[C@@H](O)N2CCOCC2)cc1. The van der Waals surface area contributed by atoms with Gasteiger partial charge < -0.3 is 15.2 Å². The summed E-state index contributed by atoms with van der Waals surface area (Å²) in [7, 11) is 0. The van der Waals surface area contributed by atoms with E-state index < -0.39 is 6.23 Å². The number of rotatable bonds is 5. The lowest BCUT2D eigenvalue weighted by molar-refractivity contribution is -0.0575. The number of benzene rings is 2. The van der Waals surface area contributed by atoms with Crippen molar-refractivity contribution in [2.45, 2.75) is 19.6 Å². The maximum atomic E-state index is 13.3. The van der Waals surface area contributed by atoms with Crippen LogP contribution in [0.4, 0.5) is 5.69 Å². The number of para-hydroxylation sites is 2. The highest BCUT2D eigenvalue weighted by Crippen LogP contribution is 2.18. The lowest BCUT2D eigenvalue weighted by Gasteiger charge is -2.31. The largest absolute Gasteiger partial charge is 0.379 e. The number of aliphatic hydroxyl groups excluding tert-OH is 1. The Labute approximate surface area is 196 Å². The van der Waals surface area contributed by atoms with E-state index in [-0.39, 0.29) is 5.56 Å². The molecule has 2 aromatic heterocycles. The topological polar surface area (TPSA) is 103 Å². The highest BCUT2D eigenvalue weighted by Gasteiger charge is 2.19. The fourth-order valence-corrected chi connectivity index (χ4v) is 4.39. The number of nitriles is 1. The number of imidazole rings is 1. The molecule has 0 amide bonds. The molecule has 5 rings (SSSR count). The second kappa shape index (κ2) is 9.23. The maximum absolute atomic E-state index is 13.3. The number of anilines is 1. The van der Waals surface area contributed by atoms with E-state index in [4.69, 9.17) is 4.74 Å². The van der Waals surface area contributed by atoms with Gasteiger partial charge in [0.25, 0.3) is 5.56 Å². The minimum absolute atomic E-state index is 0.224. The van der Waals surface area contributed by atoms with Gasteiger partial charge in [-0.1, -0.05) is 24.3 Å². The molecule has 34 heavy (non-hydrogen) atoms. The van der Waals surface area contributed by atoms with Gasteiger partial charge in [-0.3, -0.25) is 14.1 Å². The first kappa shape index (κ1) is 22.0. The predicted molar refractivity (Wildman–Crippen MR) is 130 cm³/mol. The third kappa shape index (κ3) is 4.01. The fraction of sp³-hybridized carbons (Fsp3) is 0.269. The van der Waals surface area contributed by atoms with Crippen LogP contribution in [0.1, 0.15) is 16.7 Å². The van der Waals surface area contributed by atoms with Gasteiger partial charge in [0.05, 0.1) is 35.0 Å². The van der Waals surface area contributed by atoms with Crippen molar-refractivity contribution in [3.8, 4) is 6.07 Å². The van der Waals surface area contributed by atoms with Gasteiger partial charge in [0.2, 0.25) is 0 Å². The first-order chi connectivity index (χ1) is 16.6. The molecule has 8 nitrogen and oxygen atoms in total. The number of nitrogens with zero attached hydrogens (tertiary/aromatic N) is 4. The summed E-state index contributed by atoms with van der Waals surface area (Å²) in [6.07, 6.45) is 1.63. The van der Waals surface area contributed by atoms with Crippen LogP contribution >= 0.6 is 0 Å². The van der Waals surface area contributed by atoms with Crippen molar-refractivity contribution in [3.05, 3.63) is 80.8 Å². The molecule has 0 unspecified atom stereocenters. The number of aromatic nitrogens is 2. The number of nitrogens with one attached hydrogen (secondary N) is 1. The van der Waals surface area contributed by atoms with Crippen LogP contribution in [-0.4, -0.2) is 51.9 Å². The first-order valence-electron chi connectivity index (χ1n) is 11.3. The quantitative estimate of drug-likeness (QED) is 0.473. The molecule has 172 valence electrons. The standard InChI is InChI=1S/C26H25N5O3/c1-17-20(15-27)25-29-22-4-2-3-5-23(22)31(25)26(33)21(17)16-28-19-8-6-18(7-9-19)14-24(32)30-10-12-34-13-11-30/h2-9,16,24,28,32H,10-14H2,1H3/t24-/m1/s1. The van der Waals surface area contributed by atoms with Crippen molar-refractivity contribution in [2.24, 2.45) is 0 Å². The van der Waals surface area contributed by atoms with Gasteiger partial charge in [-0.2, -0.15) is 5.26 Å². The van der Waals surface area contributed by atoms with Crippen molar-refractivity contribution >= 4 is 28.6 Å². The molecule has 4 aromatic rings. The minimum atomic E-state index is -0.541. The van der Waals surface area contributed by atoms with E-state index in [9.17, 15) is 15.2 Å². The molecule has 1 aliphatic heterocycles. The number of hydrogen-bond donors (Lipinski definition) is 2. The molecule has 0 saturated carbocycles. The van der Waals surface area contributed by atoms with Gasteiger partial charge in [0, 0.05) is 31.4 Å². The maximum Gasteiger partial charge on any atom is 0.265 e. The summed E-state index contributed by atoms with van der Waals surface area (Å²) in [6.45, 7) is 4.51. The zero-order valence-electron chi connectivity index (χ0n) is 18.9. The molecule has 1 aliphatic rings. The smallest absolute Gasteiger partial charge is 0.265 e. The second-order valence-corrected chi connectivity index (χ2v) is 8.41. The van der Waals surface area contributed by atoms with Crippen LogP contribution in [0.5, 0.6) is 0 Å². The monoisotopic (exact) mass is 455 g/mol. The van der Waals surface area contributed by atoms with Crippen molar-refractivity contribution in [1.82, 2.24) is 14.3 Å². The Kier molecular flexibility index (Phi) is 5.99. The van der Waals surface area contributed by atoms with E-state index in [1.807, 2.05) is 53.4 Å².